The van der Waals surface area contributed by atoms with Crippen LogP contribution in [0, 0.1) is 19.7 Å². The summed E-state index contributed by atoms with van der Waals surface area (Å²) in [4.78, 5) is 22.1. The van der Waals surface area contributed by atoms with Gasteiger partial charge in [0.1, 0.15) is 17.2 Å². The Kier molecular flexibility index (Phi) is 6.98. The fourth-order valence-electron chi connectivity index (χ4n) is 4.83. The fraction of sp³-hybridized carbons (Fsp3) is 0.156. The molecule has 0 saturated carbocycles. The van der Waals surface area contributed by atoms with Crippen LogP contribution in [0.15, 0.2) is 87.1 Å². The van der Waals surface area contributed by atoms with Crippen molar-refractivity contribution in [2.75, 3.05) is 18.1 Å². The first-order valence-electron chi connectivity index (χ1n) is 12.6. The third kappa shape index (κ3) is 4.91. The molecule has 6 nitrogen and oxygen atoms in total. The predicted octanol–water partition coefficient (Wildman–Crippen LogP) is 7.33. The van der Waals surface area contributed by atoms with Gasteiger partial charge in [-0.25, -0.2) is 4.39 Å². The molecule has 0 unspecified atom stereocenters. The summed E-state index contributed by atoms with van der Waals surface area (Å²) < 4.78 is 21.1. The molecule has 0 fully saturated rings. The maximum absolute atomic E-state index is 14.6. The minimum atomic E-state index is -0.352. The molecule has 3 N–H and O–H groups in total. The first-order valence-corrected chi connectivity index (χ1v) is 12.6. The maximum atomic E-state index is 14.6. The molecule has 0 amide bonds. The standard InChI is InChI=1S/C32H29FN4O2.H2/c1-18-14-24(20(3)37-28-10-7-13-36-29(28)23-8-5-6-9-26(23)33)32-25(15-18)30(38)19(2)31(39-32)21-11-12-27(34)22(16-21)17-35-4;/h5-17,20,37H,34H2,1-4H3;1H/t20-;/m1./s1. The molecule has 0 bridgehead atoms. The zero-order valence-corrected chi connectivity index (χ0v) is 22.2. The van der Waals surface area contributed by atoms with Crippen LogP contribution in [-0.4, -0.2) is 18.2 Å². The Morgan fingerprint density at radius 1 is 1.10 bits per heavy atom. The highest BCUT2D eigenvalue weighted by Gasteiger charge is 2.20. The van der Waals surface area contributed by atoms with Crippen molar-refractivity contribution in [3.05, 3.63) is 111 Å². The number of pyridine rings is 1. The molecule has 39 heavy (non-hydrogen) atoms. The van der Waals surface area contributed by atoms with E-state index in [-0.39, 0.29) is 18.7 Å². The number of anilines is 2. The monoisotopic (exact) mass is 522 g/mol. The normalized spacial score (nSPS) is 12.2. The zero-order chi connectivity index (χ0) is 27.7. The van der Waals surface area contributed by atoms with Gasteiger partial charge >= 0.3 is 0 Å². The van der Waals surface area contributed by atoms with E-state index in [9.17, 15) is 9.18 Å². The summed E-state index contributed by atoms with van der Waals surface area (Å²) in [5, 5.41) is 3.98. The van der Waals surface area contributed by atoms with E-state index in [4.69, 9.17) is 10.2 Å². The number of aryl methyl sites for hydroxylation is 1. The van der Waals surface area contributed by atoms with Gasteiger partial charge in [-0.1, -0.05) is 18.2 Å². The van der Waals surface area contributed by atoms with Crippen LogP contribution in [-0.2, 0) is 0 Å². The van der Waals surface area contributed by atoms with Gasteiger partial charge in [-0.2, -0.15) is 0 Å². The van der Waals surface area contributed by atoms with Crippen LogP contribution in [0.3, 0.4) is 0 Å². The van der Waals surface area contributed by atoms with Gasteiger partial charge in [0.25, 0.3) is 0 Å². The molecule has 2 heterocycles. The van der Waals surface area contributed by atoms with Gasteiger partial charge in [0.15, 0.2) is 5.43 Å². The smallest absolute Gasteiger partial charge is 0.196 e. The third-order valence-electron chi connectivity index (χ3n) is 6.78. The van der Waals surface area contributed by atoms with Crippen LogP contribution in [0.4, 0.5) is 15.8 Å². The Balaban J connectivity index is 0.00000370. The number of halogens is 1. The van der Waals surface area contributed by atoms with Crippen molar-refractivity contribution in [3.63, 3.8) is 0 Å². The Morgan fingerprint density at radius 3 is 2.67 bits per heavy atom. The molecule has 5 aromatic rings. The molecular weight excluding hydrogens is 491 g/mol. The Labute approximate surface area is 227 Å². The lowest BCUT2D eigenvalue weighted by Crippen LogP contribution is -2.13. The van der Waals surface area contributed by atoms with Crippen LogP contribution in [0.25, 0.3) is 33.6 Å². The number of benzene rings is 3. The first kappa shape index (κ1) is 25.9. The average molecular weight is 523 g/mol. The maximum Gasteiger partial charge on any atom is 0.196 e. The van der Waals surface area contributed by atoms with E-state index >= 15 is 0 Å². The van der Waals surface area contributed by atoms with Crippen LogP contribution in [0.5, 0.6) is 0 Å². The fourth-order valence-corrected chi connectivity index (χ4v) is 4.83. The van der Waals surface area contributed by atoms with Crippen molar-refractivity contribution in [1.29, 1.82) is 0 Å². The molecule has 0 aliphatic carbocycles. The minimum Gasteiger partial charge on any atom is -0.455 e. The van der Waals surface area contributed by atoms with E-state index in [0.717, 1.165) is 22.3 Å². The molecule has 5 rings (SSSR count). The molecule has 1 atom stereocenters. The van der Waals surface area contributed by atoms with E-state index in [0.29, 0.717) is 44.9 Å². The van der Waals surface area contributed by atoms with Gasteiger partial charge in [-0.05, 0) is 74.9 Å². The van der Waals surface area contributed by atoms with Crippen LogP contribution in [0.2, 0.25) is 0 Å². The number of rotatable bonds is 6. The summed E-state index contributed by atoms with van der Waals surface area (Å²) in [6.07, 6.45) is 3.31. The number of nitrogen functional groups attached to an aromatic ring is 1. The number of fused-ring (bicyclic) bond motifs is 1. The average Bonchev–Trinajstić information content (AvgIpc) is 2.93. The summed E-state index contributed by atoms with van der Waals surface area (Å²) >= 11 is 0. The van der Waals surface area contributed by atoms with Crippen molar-refractivity contribution < 1.29 is 10.2 Å². The predicted molar refractivity (Wildman–Crippen MR) is 159 cm³/mol. The number of nitrogens with zero attached hydrogens (tertiary/aromatic N) is 2. The second-order valence-electron chi connectivity index (χ2n) is 9.59. The highest BCUT2D eigenvalue weighted by atomic mass is 19.1. The van der Waals surface area contributed by atoms with Crippen LogP contribution < -0.4 is 16.5 Å². The molecule has 0 aliphatic rings. The summed E-state index contributed by atoms with van der Waals surface area (Å²) in [5.41, 5.74) is 12.4. The van der Waals surface area contributed by atoms with Gasteiger partial charge in [0.2, 0.25) is 0 Å². The van der Waals surface area contributed by atoms with E-state index in [1.54, 1.807) is 56.7 Å². The lowest BCUT2D eigenvalue weighted by Gasteiger charge is -2.20. The molecule has 198 valence electrons. The molecule has 7 heteroatoms. The van der Waals surface area contributed by atoms with Crippen molar-refractivity contribution in [2.24, 2.45) is 4.99 Å². The number of hydrogen-bond acceptors (Lipinski definition) is 6. The van der Waals surface area contributed by atoms with E-state index in [1.807, 2.05) is 44.2 Å². The molecule has 2 aromatic heterocycles. The lowest BCUT2D eigenvalue weighted by molar-refractivity contribution is 0.605. The topological polar surface area (TPSA) is 93.5 Å². The molecular formula is C32H31FN4O2. The van der Waals surface area contributed by atoms with Crippen molar-refractivity contribution in [1.82, 2.24) is 4.98 Å². The summed E-state index contributed by atoms with van der Waals surface area (Å²) in [5.74, 6) is 0.124. The third-order valence-corrected chi connectivity index (χ3v) is 6.78. The minimum absolute atomic E-state index is 0. The lowest BCUT2D eigenvalue weighted by atomic mass is 9.98. The Morgan fingerprint density at radius 2 is 1.90 bits per heavy atom. The number of nitrogens with one attached hydrogen (secondary N) is 1. The first-order chi connectivity index (χ1) is 18.8. The Hall–Kier alpha value is -4.78. The van der Waals surface area contributed by atoms with Gasteiger partial charge in [-0.3, -0.25) is 14.8 Å². The van der Waals surface area contributed by atoms with Crippen LogP contribution in [0.1, 0.15) is 36.6 Å². The van der Waals surface area contributed by atoms with Gasteiger partial charge in [0.05, 0.1) is 22.8 Å². The molecule has 0 spiro atoms. The molecule has 3 aromatic carbocycles. The van der Waals surface area contributed by atoms with E-state index in [1.165, 1.54) is 6.07 Å². The van der Waals surface area contributed by atoms with E-state index in [2.05, 4.69) is 15.3 Å². The Bertz CT molecular complexity index is 1800. The highest BCUT2D eigenvalue weighted by molar-refractivity contribution is 5.90. The van der Waals surface area contributed by atoms with Crippen LogP contribution >= 0.6 is 0 Å². The summed E-state index contributed by atoms with van der Waals surface area (Å²) in [6, 6.07) is 19.2. The zero-order valence-electron chi connectivity index (χ0n) is 22.2. The van der Waals surface area contributed by atoms with Crippen molar-refractivity contribution >= 4 is 28.6 Å². The van der Waals surface area contributed by atoms with Crippen molar-refractivity contribution in [2.45, 2.75) is 26.8 Å². The quantitative estimate of drug-likeness (QED) is 0.180. The van der Waals surface area contributed by atoms with Crippen molar-refractivity contribution in [3.8, 4) is 22.6 Å². The molecule has 0 aliphatic heterocycles. The number of aromatic nitrogens is 1. The van der Waals surface area contributed by atoms with Gasteiger partial charge in [-0.15, -0.1) is 0 Å². The largest absolute Gasteiger partial charge is 0.455 e. The second kappa shape index (κ2) is 10.5. The number of aliphatic imine (C=N–C) groups is 1. The highest BCUT2D eigenvalue weighted by Crippen LogP contribution is 2.35. The SMILES string of the molecule is CN=Cc1cc(-c2oc3c([C@@H](C)Nc4cccnc4-c4ccccc4F)cc(C)cc3c(=O)c2C)ccc1N.[HH]. The molecule has 0 radical (unpaired) electrons. The van der Waals surface area contributed by atoms with Gasteiger partial charge in [0, 0.05) is 54.4 Å². The number of nitrogens with two attached hydrogens (primary N) is 1. The summed E-state index contributed by atoms with van der Waals surface area (Å²) in [6.45, 7) is 5.69. The van der Waals surface area contributed by atoms with Gasteiger partial charge < -0.3 is 15.5 Å². The summed E-state index contributed by atoms with van der Waals surface area (Å²) in [7, 11) is 1.68. The molecule has 0 saturated heterocycles. The second-order valence-corrected chi connectivity index (χ2v) is 9.59. The van der Waals surface area contributed by atoms with E-state index < -0.39 is 0 Å². The number of hydrogen-bond donors (Lipinski definition) is 2.